The second kappa shape index (κ2) is 9.54. The van der Waals surface area contributed by atoms with Crippen molar-refractivity contribution in [3.8, 4) is 5.75 Å². The molecular formula is C19H22N4O4. The zero-order valence-electron chi connectivity index (χ0n) is 14.9. The zero-order chi connectivity index (χ0) is 18.9. The lowest BCUT2D eigenvalue weighted by molar-refractivity contribution is -0.125. The van der Waals surface area contributed by atoms with Gasteiger partial charge in [-0.05, 0) is 24.3 Å². The van der Waals surface area contributed by atoms with E-state index in [9.17, 15) is 9.59 Å². The molecule has 0 radical (unpaired) electrons. The third-order valence-corrected chi connectivity index (χ3v) is 3.93. The summed E-state index contributed by atoms with van der Waals surface area (Å²) in [4.78, 5) is 30.2. The number of ether oxygens (including phenoxy) is 2. The molecule has 0 unspecified atom stereocenters. The van der Waals surface area contributed by atoms with Crippen LogP contribution in [-0.4, -0.2) is 56.3 Å². The molecule has 142 valence electrons. The number of anilines is 2. The molecule has 2 aromatic rings. The molecular weight excluding hydrogens is 348 g/mol. The van der Waals surface area contributed by atoms with Crippen LogP contribution < -0.4 is 20.3 Å². The minimum atomic E-state index is -0.366. The normalized spacial score (nSPS) is 13.7. The number of morpholine rings is 1. The van der Waals surface area contributed by atoms with Crippen molar-refractivity contribution in [2.45, 2.75) is 0 Å². The molecule has 1 saturated heterocycles. The lowest BCUT2D eigenvalue weighted by Crippen LogP contribution is -2.37. The summed E-state index contributed by atoms with van der Waals surface area (Å²) >= 11 is 0. The first-order valence-electron chi connectivity index (χ1n) is 8.74. The fourth-order valence-electron chi connectivity index (χ4n) is 2.54. The van der Waals surface area contributed by atoms with Gasteiger partial charge in [-0.25, -0.2) is 4.98 Å². The number of pyridine rings is 1. The van der Waals surface area contributed by atoms with Gasteiger partial charge in [0, 0.05) is 13.1 Å². The number of rotatable bonds is 7. The Morgan fingerprint density at radius 1 is 1.07 bits per heavy atom. The number of amides is 2. The molecule has 1 aromatic heterocycles. The summed E-state index contributed by atoms with van der Waals surface area (Å²) < 4.78 is 10.6. The second-order valence-corrected chi connectivity index (χ2v) is 5.93. The summed E-state index contributed by atoms with van der Waals surface area (Å²) in [5.41, 5.74) is 0.576. The van der Waals surface area contributed by atoms with Gasteiger partial charge in [-0.3, -0.25) is 9.59 Å². The quantitative estimate of drug-likeness (QED) is 0.757. The Morgan fingerprint density at radius 2 is 1.85 bits per heavy atom. The first-order valence-corrected chi connectivity index (χ1v) is 8.74. The van der Waals surface area contributed by atoms with Crippen molar-refractivity contribution in [1.29, 1.82) is 0 Å². The first-order chi connectivity index (χ1) is 13.2. The van der Waals surface area contributed by atoms with Crippen LogP contribution in [0.15, 0.2) is 48.7 Å². The van der Waals surface area contributed by atoms with Gasteiger partial charge in [0.25, 0.3) is 5.91 Å². The van der Waals surface area contributed by atoms with Gasteiger partial charge >= 0.3 is 0 Å². The number of carbonyl (C=O) groups excluding carboxylic acids is 2. The van der Waals surface area contributed by atoms with Gasteiger partial charge < -0.3 is 25.0 Å². The summed E-state index contributed by atoms with van der Waals surface area (Å²) in [6, 6.07) is 12.7. The number of hydrogen-bond acceptors (Lipinski definition) is 6. The van der Waals surface area contributed by atoms with Crippen molar-refractivity contribution in [3.63, 3.8) is 0 Å². The van der Waals surface area contributed by atoms with Crippen molar-refractivity contribution in [2.75, 3.05) is 49.7 Å². The van der Waals surface area contributed by atoms with E-state index in [4.69, 9.17) is 9.47 Å². The Kier molecular flexibility index (Phi) is 6.59. The third kappa shape index (κ3) is 5.96. The highest BCUT2D eigenvalue weighted by atomic mass is 16.5. The Labute approximate surface area is 157 Å². The molecule has 8 heteroatoms. The van der Waals surface area contributed by atoms with Gasteiger partial charge in [-0.2, -0.15) is 0 Å². The number of nitrogens with zero attached hydrogens (tertiary/aromatic N) is 2. The first kappa shape index (κ1) is 18.7. The lowest BCUT2D eigenvalue weighted by Gasteiger charge is -2.27. The second-order valence-electron chi connectivity index (χ2n) is 5.93. The minimum Gasteiger partial charge on any atom is -0.484 e. The Bertz CT molecular complexity index is 746. The number of carbonyl (C=O) groups is 2. The van der Waals surface area contributed by atoms with Crippen LogP contribution in [0.1, 0.15) is 0 Å². The molecule has 27 heavy (non-hydrogen) atoms. The molecule has 1 aliphatic heterocycles. The molecule has 0 spiro atoms. The van der Waals surface area contributed by atoms with Gasteiger partial charge in [-0.1, -0.05) is 18.2 Å². The van der Waals surface area contributed by atoms with E-state index in [0.29, 0.717) is 24.7 Å². The minimum absolute atomic E-state index is 0.137. The number of hydrogen-bond donors (Lipinski definition) is 2. The number of aromatic nitrogens is 1. The predicted molar refractivity (Wildman–Crippen MR) is 101 cm³/mol. The van der Waals surface area contributed by atoms with Crippen molar-refractivity contribution in [1.82, 2.24) is 10.3 Å². The molecule has 0 bridgehead atoms. The van der Waals surface area contributed by atoms with Crippen molar-refractivity contribution >= 4 is 23.3 Å². The van der Waals surface area contributed by atoms with Crippen LogP contribution in [0, 0.1) is 0 Å². The maximum absolute atomic E-state index is 12.0. The molecule has 2 heterocycles. The fourth-order valence-corrected chi connectivity index (χ4v) is 2.54. The van der Waals surface area contributed by atoms with E-state index >= 15 is 0 Å². The number of benzene rings is 1. The molecule has 1 fully saturated rings. The van der Waals surface area contributed by atoms with E-state index < -0.39 is 0 Å². The van der Waals surface area contributed by atoms with E-state index in [0.717, 1.165) is 18.9 Å². The average Bonchev–Trinajstić information content (AvgIpc) is 2.73. The molecule has 0 atom stereocenters. The standard InChI is InChI=1S/C19H22N4O4/c24-18(13-21-19(25)14-27-16-4-2-1-3-5-16)22-15-6-7-17(20-12-15)23-8-10-26-11-9-23/h1-7,12H,8-11,13-14H2,(H,21,25)(H,22,24). The van der Waals surface area contributed by atoms with Crippen LogP contribution >= 0.6 is 0 Å². The van der Waals surface area contributed by atoms with Crippen LogP contribution in [0.2, 0.25) is 0 Å². The maximum Gasteiger partial charge on any atom is 0.258 e. The lowest BCUT2D eigenvalue weighted by atomic mass is 10.3. The smallest absolute Gasteiger partial charge is 0.258 e. The van der Waals surface area contributed by atoms with E-state index in [-0.39, 0.29) is 25.0 Å². The Hall–Kier alpha value is -3.13. The topological polar surface area (TPSA) is 92.8 Å². The van der Waals surface area contributed by atoms with Crippen LogP contribution in [0.25, 0.3) is 0 Å². The molecule has 1 aromatic carbocycles. The van der Waals surface area contributed by atoms with E-state index in [2.05, 4.69) is 20.5 Å². The molecule has 3 rings (SSSR count). The SMILES string of the molecule is O=C(COc1ccccc1)NCC(=O)Nc1ccc(N2CCOCC2)nc1. The molecule has 2 amide bonds. The third-order valence-electron chi connectivity index (χ3n) is 3.93. The van der Waals surface area contributed by atoms with E-state index in [1.165, 1.54) is 0 Å². The fraction of sp³-hybridized carbons (Fsp3) is 0.316. The van der Waals surface area contributed by atoms with Crippen LogP contribution in [0.4, 0.5) is 11.5 Å². The molecule has 0 aliphatic carbocycles. The van der Waals surface area contributed by atoms with Gasteiger partial charge in [0.1, 0.15) is 11.6 Å². The largest absolute Gasteiger partial charge is 0.484 e. The van der Waals surface area contributed by atoms with Crippen molar-refractivity contribution in [2.24, 2.45) is 0 Å². The molecule has 0 saturated carbocycles. The molecule has 1 aliphatic rings. The van der Waals surface area contributed by atoms with Crippen molar-refractivity contribution in [3.05, 3.63) is 48.7 Å². The molecule has 8 nitrogen and oxygen atoms in total. The number of nitrogens with one attached hydrogen (secondary N) is 2. The average molecular weight is 370 g/mol. The van der Waals surface area contributed by atoms with Crippen molar-refractivity contribution < 1.29 is 19.1 Å². The van der Waals surface area contributed by atoms with Gasteiger partial charge in [-0.15, -0.1) is 0 Å². The van der Waals surface area contributed by atoms with Gasteiger partial charge in [0.2, 0.25) is 5.91 Å². The zero-order valence-corrected chi connectivity index (χ0v) is 14.9. The van der Waals surface area contributed by atoms with E-state index in [1.807, 2.05) is 24.3 Å². The summed E-state index contributed by atoms with van der Waals surface area (Å²) in [5, 5.41) is 5.22. The summed E-state index contributed by atoms with van der Waals surface area (Å²) in [6.45, 7) is 2.70. The highest BCUT2D eigenvalue weighted by Crippen LogP contribution is 2.15. The number of para-hydroxylation sites is 1. The van der Waals surface area contributed by atoms with Crippen LogP contribution in [0.5, 0.6) is 5.75 Å². The maximum atomic E-state index is 12.0. The van der Waals surface area contributed by atoms with E-state index in [1.54, 1.807) is 24.4 Å². The summed E-state index contributed by atoms with van der Waals surface area (Å²) in [7, 11) is 0. The molecule has 2 N–H and O–H groups in total. The monoisotopic (exact) mass is 370 g/mol. The van der Waals surface area contributed by atoms with Gasteiger partial charge in [0.05, 0.1) is 31.6 Å². The highest BCUT2D eigenvalue weighted by molar-refractivity contribution is 5.94. The highest BCUT2D eigenvalue weighted by Gasteiger charge is 2.12. The Balaban J connectivity index is 1.39. The van der Waals surface area contributed by atoms with Crippen LogP contribution in [0.3, 0.4) is 0 Å². The Morgan fingerprint density at radius 3 is 2.56 bits per heavy atom. The summed E-state index contributed by atoms with van der Waals surface area (Å²) in [6.07, 6.45) is 1.60. The predicted octanol–water partition coefficient (Wildman–Crippen LogP) is 1.05. The van der Waals surface area contributed by atoms with Gasteiger partial charge in [0.15, 0.2) is 6.61 Å². The van der Waals surface area contributed by atoms with Crippen LogP contribution in [-0.2, 0) is 14.3 Å². The summed E-state index contributed by atoms with van der Waals surface area (Å²) in [5.74, 6) is 0.755.